The highest BCUT2D eigenvalue weighted by molar-refractivity contribution is 7.13. The fourth-order valence-corrected chi connectivity index (χ4v) is 4.68. The minimum Gasteiger partial charge on any atom is -0.480 e. The third-order valence-electron chi connectivity index (χ3n) is 5.91. The Kier molecular flexibility index (Phi) is 6.17. The fourth-order valence-electron chi connectivity index (χ4n) is 4.03. The smallest absolute Gasteiger partial charge is 0.223 e. The highest BCUT2D eigenvalue weighted by Gasteiger charge is 2.15. The number of pyridine rings is 1. The van der Waals surface area contributed by atoms with E-state index in [1.165, 1.54) is 5.56 Å². The number of hydrogen-bond donors (Lipinski definition) is 1. The van der Waals surface area contributed by atoms with Crippen LogP contribution >= 0.6 is 11.3 Å². The van der Waals surface area contributed by atoms with Gasteiger partial charge in [-0.25, -0.2) is 9.97 Å². The van der Waals surface area contributed by atoms with Gasteiger partial charge >= 0.3 is 0 Å². The molecule has 0 spiro atoms. The molecular weight excluding hydrogens is 454 g/mol. The second kappa shape index (κ2) is 9.43. The van der Waals surface area contributed by atoms with Gasteiger partial charge in [-0.2, -0.15) is 5.10 Å². The molecule has 176 valence electrons. The van der Waals surface area contributed by atoms with Crippen LogP contribution in [0.5, 0.6) is 5.88 Å². The van der Waals surface area contributed by atoms with E-state index >= 15 is 0 Å². The summed E-state index contributed by atoms with van der Waals surface area (Å²) in [5.41, 5.74) is 5.19. The van der Waals surface area contributed by atoms with Crippen LogP contribution in [0.2, 0.25) is 0 Å². The van der Waals surface area contributed by atoms with Crippen molar-refractivity contribution in [1.29, 1.82) is 0 Å². The molecule has 0 amide bonds. The van der Waals surface area contributed by atoms with Gasteiger partial charge < -0.3 is 10.1 Å². The Hall–Kier alpha value is -3.84. The number of rotatable bonds is 6. The topological polar surface area (TPSA) is 72.8 Å². The van der Waals surface area contributed by atoms with Crippen LogP contribution < -0.4 is 10.1 Å². The van der Waals surface area contributed by atoms with Crippen molar-refractivity contribution in [1.82, 2.24) is 20.2 Å². The number of thiazole rings is 1. The zero-order valence-electron chi connectivity index (χ0n) is 20.2. The Morgan fingerprint density at radius 1 is 0.943 bits per heavy atom. The van der Waals surface area contributed by atoms with Crippen molar-refractivity contribution in [2.45, 2.75) is 32.6 Å². The van der Waals surface area contributed by atoms with Gasteiger partial charge in [-0.3, -0.25) is 0 Å². The third-order valence-corrected chi connectivity index (χ3v) is 6.72. The molecule has 3 aromatic heterocycles. The van der Waals surface area contributed by atoms with Gasteiger partial charge in [0.05, 0.1) is 18.4 Å². The van der Waals surface area contributed by atoms with Gasteiger partial charge in [0.1, 0.15) is 5.01 Å². The third kappa shape index (κ3) is 4.86. The van der Waals surface area contributed by atoms with E-state index in [1.807, 2.05) is 23.7 Å². The molecule has 1 N–H and O–H groups in total. The van der Waals surface area contributed by atoms with Crippen molar-refractivity contribution < 1.29 is 4.74 Å². The average molecular weight is 482 g/mol. The van der Waals surface area contributed by atoms with Gasteiger partial charge in [-0.1, -0.05) is 57.2 Å². The zero-order valence-corrected chi connectivity index (χ0v) is 21.1. The Bertz CT molecular complexity index is 1460. The van der Waals surface area contributed by atoms with Crippen LogP contribution in [0.4, 0.5) is 11.5 Å². The normalized spacial score (nSPS) is 11.5. The first-order valence-corrected chi connectivity index (χ1v) is 12.3. The van der Waals surface area contributed by atoms with E-state index in [9.17, 15) is 0 Å². The van der Waals surface area contributed by atoms with Crippen LogP contribution in [0, 0.1) is 0 Å². The van der Waals surface area contributed by atoms with Gasteiger partial charge in [-0.05, 0) is 34.7 Å². The molecule has 0 aliphatic heterocycles. The molecule has 0 saturated heterocycles. The fraction of sp³-hybridized carbons (Fsp3) is 0.214. The predicted octanol–water partition coefficient (Wildman–Crippen LogP) is 6.79. The predicted molar refractivity (Wildman–Crippen MR) is 143 cm³/mol. The summed E-state index contributed by atoms with van der Waals surface area (Å²) in [6.45, 7) is 6.64. The van der Waals surface area contributed by atoms with Crippen LogP contribution in [-0.2, 0) is 11.8 Å². The van der Waals surface area contributed by atoms with E-state index < -0.39 is 0 Å². The molecule has 0 atom stereocenters. The summed E-state index contributed by atoms with van der Waals surface area (Å²) in [4.78, 5) is 8.94. The molecule has 0 aliphatic rings. The lowest BCUT2D eigenvalue weighted by Crippen LogP contribution is -2.10. The van der Waals surface area contributed by atoms with Crippen LogP contribution in [0.15, 0.2) is 72.4 Å². The molecule has 0 saturated carbocycles. The molecule has 0 radical (unpaired) electrons. The molecule has 2 aromatic carbocycles. The lowest BCUT2D eigenvalue weighted by molar-refractivity contribution is 0.399. The Labute approximate surface area is 209 Å². The largest absolute Gasteiger partial charge is 0.480 e. The molecule has 3 heterocycles. The minimum absolute atomic E-state index is 0.114. The van der Waals surface area contributed by atoms with E-state index in [1.54, 1.807) is 24.6 Å². The number of aromatic nitrogens is 4. The lowest BCUT2D eigenvalue weighted by atomic mass is 9.87. The summed E-state index contributed by atoms with van der Waals surface area (Å²) in [7, 11) is 1.63. The SMILES string of the molecule is COc1ncc(Cc2nnc(Nc3ccc(C(C)(C)C)cc3)c3ccccc23)cc1-c1nccs1. The van der Waals surface area contributed by atoms with Crippen LogP contribution in [0.1, 0.15) is 37.6 Å². The first-order valence-electron chi connectivity index (χ1n) is 11.5. The van der Waals surface area contributed by atoms with Gasteiger partial charge in [0.25, 0.3) is 0 Å². The van der Waals surface area contributed by atoms with Crippen molar-refractivity contribution in [3.05, 3.63) is 89.2 Å². The van der Waals surface area contributed by atoms with E-state index in [0.717, 1.165) is 44.1 Å². The van der Waals surface area contributed by atoms with Crippen molar-refractivity contribution in [3.63, 3.8) is 0 Å². The molecule has 5 rings (SSSR count). The Morgan fingerprint density at radius 3 is 2.40 bits per heavy atom. The first-order chi connectivity index (χ1) is 16.9. The number of nitrogens with one attached hydrogen (secondary N) is 1. The molecule has 0 bridgehead atoms. The summed E-state index contributed by atoms with van der Waals surface area (Å²) in [6, 6.07) is 18.8. The summed E-state index contributed by atoms with van der Waals surface area (Å²) in [6.07, 6.45) is 4.21. The van der Waals surface area contributed by atoms with Crippen molar-refractivity contribution in [2.24, 2.45) is 0 Å². The lowest BCUT2D eigenvalue weighted by Gasteiger charge is -2.19. The van der Waals surface area contributed by atoms with Crippen LogP contribution in [0.25, 0.3) is 21.3 Å². The van der Waals surface area contributed by atoms with E-state index in [0.29, 0.717) is 12.3 Å². The molecule has 0 fully saturated rings. The van der Waals surface area contributed by atoms with Crippen molar-refractivity contribution >= 4 is 33.6 Å². The van der Waals surface area contributed by atoms with Gasteiger partial charge in [0.2, 0.25) is 5.88 Å². The van der Waals surface area contributed by atoms with E-state index in [2.05, 4.69) is 88.7 Å². The zero-order chi connectivity index (χ0) is 24.4. The van der Waals surface area contributed by atoms with Gasteiger partial charge in [0, 0.05) is 40.7 Å². The summed E-state index contributed by atoms with van der Waals surface area (Å²) in [5, 5.41) is 17.5. The molecule has 7 heteroatoms. The molecule has 0 aliphatic carbocycles. The summed E-state index contributed by atoms with van der Waals surface area (Å²) in [5.74, 6) is 1.31. The molecular formula is C28H27N5OS. The van der Waals surface area contributed by atoms with Crippen LogP contribution in [0.3, 0.4) is 0 Å². The first kappa shape index (κ1) is 22.9. The number of ether oxygens (including phenoxy) is 1. The molecule has 5 aromatic rings. The average Bonchev–Trinajstić information content (AvgIpc) is 3.40. The number of nitrogens with zero attached hydrogens (tertiary/aromatic N) is 4. The van der Waals surface area contributed by atoms with Gasteiger partial charge in [-0.15, -0.1) is 16.4 Å². The number of fused-ring (bicyclic) bond motifs is 1. The maximum absolute atomic E-state index is 5.46. The molecule has 0 unspecified atom stereocenters. The van der Waals surface area contributed by atoms with E-state index in [-0.39, 0.29) is 5.41 Å². The second-order valence-electron chi connectivity index (χ2n) is 9.41. The molecule has 6 nitrogen and oxygen atoms in total. The number of methoxy groups -OCH3 is 1. The van der Waals surface area contributed by atoms with Gasteiger partial charge in [0.15, 0.2) is 5.82 Å². The Balaban J connectivity index is 1.46. The number of anilines is 2. The second-order valence-corrected chi connectivity index (χ2v) is 10.3. The highest BCUT2D eigenvalue weighted by atomic mass is 32.1. The van der Waals surface area contributed by atoms with Crippen molar-refractivity contribution in [2.75, 3.05) is 12.4 Å². The highest BCUT2D eigenvalue weighted by Crippen LogP contribution is 2.32. The maximum atomic E-state index is 5.46. The Morgan fingerprint density at radius 2 is 1.71 bits per heavy atom. The van der Waals surface area contributed by atoms with Crippen molar-refractivity contribution in [3.8, 4) is 16.5 Å². The van der Waals surface area contributed by atoms with Crippen LogP contribution in [-0.4, -0.2) is 27.3 Å². The standard InChI is InChI=1S/C28H27N5OS/c1-28(2,3)19-9-11-20(12-10-19)31-25-22-8-6-5-7-21(22)24(32-33-25)16-18-15-23(26(34-4)30-17-18)27-29-13-14-35-27/h5-15,17H,16H2,1-4H3,(H,31,33). The quantitative estimate of drug-likeness (QED) is 0.288. The molecule has 35 heavy (non-hydrogen) atoms. The van der Waals surface area contributed by atoms with E-state index in [4.69, 9.17) is 4.74 Å². The number of hydrogen-bond acceptors (Lipinski definition) is 7. The number of benzene rings is 2. The minimum atomic E-state index is 0.114. The summed E-state index contributed by atoms with van der Waals surface area (Å²) >= 11 is 1.56. The summed E-state index contributed by atoms with van der Waals surface area (Å²) < 4.78 is 5.46. The maximum Gasteiger partial charge on any atom is 0.223 e. The monoisotopic (exact) mass is 481 g/mol.